The Bertz CT molecular complexity index is 355. The highest BCUT2D eigenvalue weighted by molar-refractivity contribution is 8.24. The molecule has 4 nitrogen and oxygen atoms in total. The lowest BCUT2D eigenvalue weighted by molar-refractivity contribution is -0.156. The number of thioether (sulfide) groups is 1. The number of hydrogen-bond donors (Lipinski definition) is 0. The Hall–Kier alpha value is -0.880. The first-order valence-corrected chi connectivity index (χ1v) is 5.73. The molecular weight excluding hydrogens is 234 g/mol. The summed E-state index contributed by atoms with van der Waals surface area (Å²) in [7, 11) is 0. The molecule has 1 amide bonds. The lowest BCUT2D eigenvalue weighted by Gasteiger charge is -2.35. The van der Waals surface area contributed by atoms with Crippen molar-refractivity contribution in [3.05, 3.63) is 12.7 Å². The van der Waals surface area contributed by atoms with Crippen LogP contribution in [0.4, 0.5) is 0 Å². The summed E-state index contributed by atoms with van der Waals surface area (Å²) in [5, 5.41) is 0.0475. The van der Waals surface area contributed by atoms with Crippen LogP contribution >= 0.6 is 24.0 Å². The van der Waals surface area contributed by atoms with Crippen molar-refractivity contribution >= 4 is 40.1 Å². The van der Waals surface area contributed by atoms with Crippen molar-refractivity contribution in [3.8, 4) is 0 Å². The fraction of sp³-hybridized carbons (Fsp3) is 0.444. The maximum Gasteiger partial charge on any atom is 0.335 e. The molecule has 2 heterocycles. The first-order chi connectivity index (χ1) is 7.15. The summed E-state index contributed by atoms with van der Waals surface area (Å²) >= 11 is 6.46. The Kier molecular flexibility index (Phi) is 2.79. The molecule has 2 aliphatic heterocycles. The van der Waals surface area contributed by atoms with Gasteiger partial charge in [-0.25, -0.2) is 4.79 Å². The highest BCUT2D eigenvalue weighted by Crippen LogP contribution is 2.41. The molecule has 0 spiro atoms. The maximum absolute atomic E-state index is 11.6. The Balaban J connectivity index is 2.07. The Labute approximate surface area is 96.6 Å². The van der Waals surface area contributed by atoms with Crippen molar-refractivity contribution in [2.75, 3.05) is 6.61 Å². The van der Waals surface area contributed by atoms with Gasteiger partial charge in [-0.3, -0.25) is 4.79 Å². The van der Waals surface area contributed by atoms with Crippen molar-refractivity contribution in [3.63, 3.8) is 0 Å². The molecule has 0 saturated carbocycles. The van der Waals surface area contributed by atoms with E-state index in [1.54, 1.807) is 0 Å². The van der Waals surface area contributed by atoms with Crippen LogP contribution in [0.1, 0.15) is 6.42 Å². The quantitative estimate of drug-likeness (QED) is 0.316. The van der Waals surface area contributed by atoms with Crippen molar-refractivity contribution in [1.82, 2.24) is 4.90 Å². The second-order valence-electron chi connectivity index (χ2n) is 3.22. The molecule has 0 aromatic heterocycles. The standard InChI is InChI=1S/C9H9NO3S2/c1-2-3-13-8(12)7-9(14)15-6-4-5(11)10(6)7/h2,6-7H,1,3-4H2/t6-,7?/m0/s1. The molecule has 2 atom stereocenters. The zero-order valence-electron chi connectivity index (χ0n) is 7.84. The van der Waals surface area contributed by atoms with Gasteiger partial charge < -0.3 is 9.64 Å². The van der Waals surface area contributed by atoms with Gasteiger partial charge in [-0.1, -0.05) is 36.6 Å². The molecule has 0 bridgehead atoms. The van der Waals surface area contributed by atoms with E-state index < -0.39 is 12.0 Å². The molecular formula is C9H9NO3S2. The van der Waals surface area contributed by atoms with E-state index in [2.05, 4.69) is 6.58 Å². The zero-order valence-corrected chi connectivity index (χ0v) is 9.47. The van der Waals surface area contributed by atoms with Crippen molar-refractivity contribution in [2.24, 2.45) is 0 Å². The van der Waals surface area contributed by atoms with Gasteiger partial charge in [-0.2, -0.15) is 0 Å². The largest absolute Gasteiger partial charge is 0.460 e. The minimum absolute atomic E-state index is 0.0343. The predicted molar refractivity (Wildman–Crippen MR) is 60.4 cm³/mol. The van der Waals surface area contributed by atoms with Crippen LogP contribution in [0.15, 0.2) is 12.7 Å². The van der Waals surface area contributed by atoms with E-state index in [-0.39, 0.29) is 17.9 Å². The molecule has 6 heteroatoms. The monoisotopic (exact) mass is 243 g/mol. The minimum atomic E-state index is -0.670. The highest BCUT2D eigenvalue weighted by Gasteiger charge is 2.53. The van der Waals surface area contributed by atoms with Crippen molar-refractivity contribution < 1.29 is 14.3 Å². The lowest BCUT2D eigenvalue weighted by atomic mass is 10.1. The third kappa shape index (κ3) is 1.68. The highest BCUT2D eigenvalue weighted by atomic mass is 32.2. The van der Waals surface area contributed by atoms with Gasteiger partial charge in [0.1, 0.15) is 6.61 Å². The average molecular weight is 243 g/mol. The summed E-state index contributed by atoms with van der Waals surface area (Å²) in [5.74, 6) is -0.490. The molecule has 0 radical (unpaired) electrons. The first-order valence-electron chi connectivity index (χ1n) is 4.44. The van der Waals surface area contributed by atoms with Crippen LogP contribution < -0.4 is 0 Å². The zero-order chi connectivity index (χ0) is 11.0. The third-order valence-electron chi connectivity index (χ3n) is 2.27. The number of carbonyl (C=O) groups excluding carboxylic acids is 2. The summed E-state index contributed by atoms with van der Waals surface area (Å²) in [6.07, 6.45) is 1.95. The summed E-state index contributed by atoms with van der Waals surface area (Å²) in [4.78, 5) is 24.4. The van der Waals surface area contributed by atoms with Gasteiger partial charge in [0, 0.05) is 0 Å². The van der Waals surface area contributed by atoms with E-state index in [9.17, 15) is 9.59 Å². The predicted octanol–water partition coefficient (Wildman–Crippen LogP) is 0.717. The van der Waals surface area contributed by atoms with Gasteiger partial charge in [0.25, 0.3) is 0 Å². The van der Waals surface area contributed by atoms with Gasteiger partial charge in [0.2, 0.25) is 5.91 Å². The number of hydrogen-bond acceptors (Lipinski definition) is 5. The molecule has 0 aromatic carbocycles. The van der Waals surface area contributed by atoms with Crippen molar-refractivity contribution in [1.29, 1.82) is 0 Å². The lowest BCUT2D eigenvalue weighted by Crippen LogP contribution is -2.55. The smallest absolute Gasteiger partial charge is 0.335 e. The van der Waals surface area contributed by atoms with E-state index in [1.165, 1.54) is 22.7 Å². The van der Waals surface area contributed by atoms with Crippen LogP contribution in [-0.4, -0.2) is 39.0 Å². The summed E-state index contributed by atoms with van der Waals surface area (Å²) in [6.45, 7) is 3.59. The third-order valence-corrected chi connectivity index (χ3v) is 3.90. The fourth-order valence-corrected chi connectivity index (χ4v) is 3.28. The molecule has 80 valence electrons. The second kappa shape index (κ2) is 3.94. The molecule has 0 aliphatic carbocycles. The fourth-order valence-electron chi connectivity index (χ4n) is 1.55. The molecule has 2 rings (SSSR count). The average Bonchev–Trinajstić information content (AvgIpc) is 2.46. The van der Waals surface area contributed by atoms with Crippen LogP contribution in [0, 0.1) is 0 Å². The molecule has 15 heavy (non-hydrogen) atoms. The number of fused-ring (bicyclic) bond motifs is 1. The van der Waals surface area contributed by atoms with Crippen LogP contribution in [0.3, 0.4) is 0 Å². The van der Waals surface area contributed by atoms with Crippen LogP contribution in [0.25, 0.3) is 0 Å². The second-order valence-corrected chi connectivity index (χ2v) is 5.14. The van der Waals surface area contributed by atoms with Gasteiger partial charge in [-0.05, 0) is 0 Å². The van der Waals surface area contributed by atoms with Crippen LogP contribution in [-0.2, 0) is 14.3 Å². The number of β-lactam (4-membered cyclic amide) rings is 1. The number of esters is 1. The van der Waals surface area contributed by atoms with E-state index in [0.717, 1.165) is 0 Å². The number of nitrogens with zero attached hydrogens (tertiary/aromatic N) is 1. The maximum atomic E-state index is 11.6. The van der Waals surface area contributed by atoms with Gasteiger partial charge in [0.05, 0.1) is 16.0 Å². The van der Waals surface area contributed by atoms with Crippen LogP contribution in [0.5, 0.6) is 0 Å². The summed E-state index contributed by atoms with van der Waals surface area (Å²) in [5.41, 5.74) is 0. The topological polar surface area (TPSA) is 46.6 Å². The minimum Gasteiger partial charge on any atom is -0.460 e. The SMILES string of the molecule is C=CCOC(=O)C1C(=S)S[C@H]2CC(=O)N12. The normalized spacial score (nSPS) is 28.4. The van der Waals surface area contributed by atoms with E-state index in [4.69, 9.17) is 17.0 Å². The Morgan fingerprint density at radius 1 is 1.80 bits per heavy atom. The molecule has 2 saturated heterocycles. The number of ether oxygens (including phenoxy) is 1. The van der Waals surface area contributed by atoms with Gasteiger partial charge in [-0.15, -0.1) is 0 Å². The molecule has 2 aliphatic rings. The van der Waals surface area contributed by atoms with Crippen LogP contribution in [0.2, 0.25) is 0 Å². The number of thiocarbonyl (C=S) groups is 1. The van der Waals surface area contributed by atoms with Gasteiger partial charge in [0.15, 0.2) is 6.04 Å². The molecule has 1 unspecified atom stereocenters. The Morgan fingerprint density at radius 2 is 2.53 bits per heavy atom. The summed E-state index contributed by atoms with van der Waals surface area (Å²) in [6, 6.07) is -0.670. The van der Waals surface area contributed by atoms with Gasteiger partial charge >= 0.3 is 5.97 Å². The first kappa shape index (κ1) is 10.6. The van der Waals surface area contributed by atoms with E-state index in [1.807, 2.05) is 0 Å². The molecule has 0 aromatic rings. The molecule has 2 fully saturated rings. The summed E-state index contributed by atoms with van der Waals surface area (Å²) < 4.78 is 5.42. The number of carbonyl (C=O) groups is 2. The van der Waals surface area contributed by atoms with Crippen molar-refractivity contribution in [2.45, 2.75) is 17.8 Å². The van der Waals surface area contributed by atoms with E-state index in [0.29, 0.717) is 10.6 Å². The van der Waals surface area contributed by atoms with E-state index >= 15 is 0 Å². The number of amides is 1. The Morgan fingerprint density at radius 3 is 3.13 bits per heavy atom. The number of rotatable bonds is 3. The molecule has 0 N–H and O–H groups in total.